The molecule has 0 spiro atoms. The summed E-state index contributed by atoms with van der Waals surface area (Å²) in [5, 5.41) is 0.0345. The molecule has 0 aromatic heterocycles. The highest BCUT2D eigenvalue weighted by molar-refractivity contribution is 6.31. The molecule has 1 aromatic carbocycles. The van der Waals surface area contributed by atoms with E-state index in [1.165, 1.54) is 6.07 Å². The first-order chi connectivity index (χ1) is 7.65. The van der Waals surface area contributed by atoms with E-state index in [0.717, 1.165) is 0 Å². The van der Waals surface area contributed by atoms with E-state index in [-0.39, 0.29) is 17.2 Å². The molecule has 0 fully saturated rings. The fraction of sp³-hybridized carbons (Fsp3) is 0.417. The molecular formula is C12H14ClFO2. The first-order valence-corrected chi connectivity index (χ1v) is 5.55. The summed E-state index contributed by atoms with van der Waals surface area (Å²) in [6.07, 6.45) is 0.490. The van der Waals surface area contributed by atoms with Crippen molar-refractivity contribution < 1.29 is 13.9 Å². The van der Waals surface area contributed by atoms with E-state index in [0.29, 0.717) is 25.2 Å². The zero-order valence-electron chi connectivity index (χ0n) is 9.13. The Labute approximate surface area is 99.4 Å². The first kappa shape index (κ1) is 13.1. The van der Waals surface area contributed by atoms with Gasteiger partial charge in [-0.15, -0.1) is 0 Å². The van der Waals surface area contributed by atoms with Gasteiger partial charge in [0, 0.05) is 19.4 Å². The van der Waals surface area contributed by atoms with Gasteiger partial charge >= 0.3 is 0 Å². The van der Waals surface area contributed by atoms with E-state index in [9.17, 15) is 9.18 Å². The van der Waals surface area contributed by atoms with E-state index < -0.39 is 5.82 Å². The van der Waals surface area contributed by atoms with E-state index >= 15 is 0 Å². The molecule has 1 aromatic rings. The van der Waals surface area contributed by atoms with Crippen LogP contribution < -0.4 is 0 Å². The smallest absolute Gasteiger partial charge is 0.142 e. The zero-order valence-corrected chi connectivity index (χ0v) is 9.89. The lowest BCUT2D eigenvalue weighted by Gasteiger charge is -2.04. The van der Waals surface area contributed by atoms with Crippen molar-refractivity contribution in [2.24, 2.45) is 0 Å². The summed E-state index contributed by atoms with van der Waals surface area (Å²) >= 11 is 5.74. The third kappa shape index (κ3) is 3.91. The van der Waals surface area contributed by atoms with Gasteiger partial charge in [0.1, 0.15) is 11.6 Å². The van der Waals surface area contributed by atoms with Crippen LogP contribution in [0.15, 0.2) is 18.2 Å². The van der Waals surface area contributed by atoms with Gasteiger partial charge in [0.15, 0.2) is 0 Å². The molecule has 16 heavy (non-hydrogen) atoms. The van der Waals surface area contributed by atoms with Crippen LogP contribution in [-0.2, 0) is 16.0 Å². The fourth-order valence-corrected chi connectivity index (χ4v) is 1.51. The molecule has 0 unspecified atom stereocenters. The number of halogens is 2. The summed E-state index contributed by atoms with van der Waals surface area (Å²) in [4.78, 5) is 11.5. The van der Waals surface area contributed by atoms with Gasteiger partial charge < -0.3 is 4.74 Å². The monoisotopic (exact) mass is 244 g/mol. The van der Waals surface area contributed by atoms with E-state index in [2.05, 4.69) is 0 Å². The van der Waals surface area contributed by atoms with Crippen molar-refractivity contribution in [1.82, 2.24) is 0 Å². The number of benzene rings is 1. The van der Waals surface area contributed by atoms with Crippen molar-refractivity contribution >= 4 is 17.4 Å². The minimum absolute atomic E-state index is 0.000880. The number of carbonyl (C=O) groups is 1. The standard InChI is InChI=1S/C12H14ClFO2/c1-2-16-7-6-10(15)8-9-4-3-5-11(14)12(9)13/h3-5H,2,6-8H2,1H3. The van der Waals surface area contributed by atoms with Gasteiger partial charge in [-0.2, -0.15) is 0 Å². The normalized spacial score (nSPS) is 10.4. The number of rotatable bonds is 6. The predicted octanol–water partition coefficient (Wildman–Crippen LogP) is 3.02. The Hall–Kier alpha value is -0.930. The Morgan fingerprint density at radius 1 is 1.50 bits per heavy atom. The topological polar surface area (TPSA) is 26.3 Å². The maximum Gasteiger partial charge on any atom is 0.142 e. The molecule has 0 aliphatic heterocycles. The van der Waals surface area contributed by atoms with Crippen LogP contribution in [0.2, 0.25) is 5.02 Å². The molecule has 2 nitrogen and oxygen atoms in total. The van der Waals surface area contributed by atoms with Crippen LogP contribution in [0.4, 0.5) is 4.39 Å². The molecule has 0 N–H and O–H groups in total. The largest absolute Gasteiger partial charge is 0.381 e. The molecule has 4 heteroatoms. The number of ether oxygens (including phenoxy) is 1. The summed E-state index contributed by atoms with van der Waals surface area (Å²) in [6.45, 7) is 2.87. The summed E-state index contributed by atoms with van der Waals surface area (Å²) < 4.78 is 18.1. The average molecular weight is 245 g/mol. The molecule has 0 saturated carbocycles. The lowest BCUT2D eigenvalue weighted by molar-refractivity contribution is -0.119. The molecule has 0 bridgehead atoms. The van der Waals surface area contributed by atoms with Gasteiger partial charge in [-0.05, 0) is 18.6 Å². The highest BCUT2D eigenvalue weighted by atomic mass is 35.5. The summed E-state index contributed by atoms with van der Waals surface area (Å²) in [5.74, 6) is -0.488. The van der Waals surface area contributed by atoms with Crippen LogP contribution in [0.5, 0.6) is 0 Å². The molecule has 88 valence electrons. The van der Waals surface area contributed by atoms with Crippen molar-refractivity contribution in [1.29, 1.82) is 0 Å². The van der Waals surface area contributed by atoms with Crippen molar-refractivity contribution in [2.45, 2.75) is 19.8 Å². The number of Topliss-reactive ketones (excluding diaryl/α,β-unsaturated/α-hetero) is 1. The molecule has 0 atom stereocenters. The highest BCUT2D eigenvalue weighted by Gasteiger charge is 2.09. The van der Waals surface area contributed by atoms with Gasteiger partial charge in [-0.25, -0.2) is 4.39 Å². The van der Waals surface area contributed by atoms with Crippen LogP contribution in [0.3, 0.4) is 0 Å². The quantitative estimate of drug-likeness (QED) is 0.719. The number of hydrogen-bond donors (Lipinski definition) is 0. The summed E-state index contributed by atoms with van der Waals surface area (Å²) in [7, 11) is 0. The minimum atomic E-state index is -0.489. The second-order valence-electron chi connectivity index (χ2n) is 3.38. The Morgan fingerprint density at radius 3 is 2.94 bits per heavy atom. The average Bonchev–Trinajstić information content (AvgIpc) is 2.25. The van der Waals surface area contributed by atoms with Crippen molar-refractivity contribution in [2.75, 3.05) is 13.2 Å². The minimum Gasteiger partial charge on any atom is -0.381 e. The van der Waals surface area contributed by atoms with Gasteiger partial charge in [0.25, 0.3) is 0 Å². The third-order valence-electron chi connectivity index (χ3n) is 2.15. The fourth-order valence-electron chi connectivity index (χ4n) is 1.32. The zero-order chi connectivity index (χ0) is 12.0. The lowest BCUT2D eigenvalue weighted by atomic mass is 10.1. The summed E-state index contributed by atoms with van der Waals surface area (Å²) in [5.41, 5.74) is 0.531. The van der Waals surface area contributed by atoms with Gasteiger partial charge in [-0.1, -0.05) is 23.7 Å². The third-order valence-corrected chi connectivity index (χ3v) is 2.57. The SMILES string of the molecule is CCOCCC(=O)Cc1cccc(F)c1Cl. The van der Waals surface area contributed by atoms with E-state index in [4.69, 9.17) is 16.3 Å². The Bertz CT molecular complexity index is 366. The van der Waals surface area contributed by atoms with Crippen LogP contribution in [0.1, 0.15) is 18.9 Å². The Morgan fingerprint density at radius 2 is 2.25 bits per heavy atom. The van der Waals surface area contributed by atoms with Crippen LogP contribution in [0.25, 0.3) is 0 Å². The second kappa shape index (κ2) is 6.61. The van der Waals surface area contributed by atoms with Crippen LogP contribution in [0, 0.1) is 5.82 Å². The first-order valence-electron chi connectivity index (χ1n) is 5.17. The molecule has 0 aliphatic rings. The maximum absolute atomic E-state index is 13.1. The number of ketones is 1. The molecule has 0 heterocycles. The van der Waals surface area contributed by atoms with Gasteiger partial charge in [-0.3, -0.25) is 4.79 Å². The van der Waals surface area contributed by atoms with E-state index in [1.54, 1.807) is 12.1 Å². The molecule has 0 radical (unpaired) electrons. The maximum atomic E-state index is 13.1. The van der Waals surface area contributed by atoms with E-state index in [1.807, 2.05) is 6.92 Å². The molecule has 0 aliphatic carbocycles. The second-order valence-corrected chi connectivity index (χ2v) is 3.75. The highest BCUT2D eigenvalue weighted by Crippen LogP contribution is 2.20. The van der Waals surface area contributed by atoms with Crippen molar-refractivity contribution in [3.05, 3.63) is 34.6 Å². The number of carbonyl (C=O) groups excluding carboxylic acids is 1. The summed E-state index contributed by atoms with van der Waals surface area (Å²) in [6, 6.07) is 4.48. The lowest BCUT2D eigenvalue weighted by Crippen LogP contribution is -2.07. The van der Waals surface area contributed by atoms with Gasteiger partial charge in [0.2, 0.25) is 0 Å². The van der Waals surface area contributed by atoms with Crippen LogP contribution in [-0.4, -0.2) is 19.0 Å². The molecule has 1 rings (SSSR count). The van der Waals surface area contributed by atoms with Crippen molar-refractivity contribution in [3.8, 4) is 0 Å². The predicted molar refractivity (Wildman–Crippen MR) is 61.2 cm³/mol. The molecular weight excluding hydrogens is 231 g/mol. The van der Waals surface area contributed by atoms with Crippen molar-refractivity contribution in [3.63, 3.8) is 0 Å². The molecule has 0 amide bonds. The van der Waals surface area contributed by atoms with Gasteiger partial charge in [0.05, 0.1) is 11.6 Å². The Balaban J connectivity index is 2.53. The van der Waals surface area contributed by atoms with Crippen LogP contribution >= 0.6 is 11.6 Å². The molecule has 0 saturated heterocycles. The number of hydrogen-bond acceptors (Lipinski definition) is 2. The Kier molecular flexibility index (Phi) is 5.43.